The van der Waals surface area contributed by atoms with Crippen molar-refractivity contribution in [2.75, 3.05) is 5.75 Å². The summed E-state index contributed by atoms with van der Waals surface area (Å²) >= 11 is 7.53. The van der Waals surface area contributed by atoms with Crippen LogP contribution in [0.1, 0.15) is 30.0 Å². The Morgan fingerprint density at radius 1 is 1.17 bits per heavy atom. The largest absolute Gasteiger partial charge is 0.467 e. The Hall–Kier alpha value is -2.78. The number of primary amides is 1. The Labute approximate surface area is 183 Å². The van der Waals surface area contributed by atoms with Crippen molar-refractivity contribution in [3.8, 4) is 0 Å². The summed E-state index contributed by atoms with van der Waals surface area (Å²) in [6.45, 7) is 0.824. The quantitative estimate of drug-likeness (QED) is 0.436. The number of rotatable bonds is 11. The average Bonchev–Trinajstić information content (AvgIpc) is 3.37. The molecule has 2 amide bonds. The summed E-state index contributed by atoms with van der Waals surface area (Å²) in [6.07, 6.45) is 2.49. The van der Waals surface area contributed by atoms with Crippen LogP contribution in [0.4, 0.5) is 0 Å². The van der Waals surface area contributed by atoms with Gasteiger partial charge in [-0.05, 0) is 23.8 Å². The molecule has 0 aliphatic heterocycles. The molecule has 0 saturated heterocycles. The number of thioether (sulfide) groups is 1. The molecule has 0 aliphatic carbocycles. The zero-order valence-electron chi connectivity index (χ0n) is 16.2. The number of aryl methyl sites for hydroxylation is 1. The van der Waals surface area contributed by atoms with Crippen molar-refractivity contribution in [3.63, 3.8) is 0 Å². The van der Waals surface area contributed by atoms with Gasteiger partial charge in [0.15, 0.2) is 5.16 Å². The van der Waals surface area contributed by atoms with Crippen molar-refractivity contribution < 1.29 is 14.0 Å². The molecule has 3 N–H and O–H groups in total. The van der Waals surface area contributed by atoms with Crippen molar-refractivity contribution in [1.29, 1.82) is 0 Å². The first-order valence-electron chi connectivity index (χ1n) is 9.38. The number of hydrogen-bond donors (Lipinski definition) is 2. The average molecular weight is 448 g/mol. The van der Waals surface area contributed by atoms with Crippen molar-refractivity contribution in [2.24, 2.45) is 5.73 Å². The lowest BCUT2D eigenvalue weighted by molar-refractivity contribution is -0.121. The van der Waals surface area contributed by atoms with Crippen LogP contribution in [-0.4, -0.2) is 32.3 Å². The number of amides is 2. The van der Waals surface area contributed by atoms with Gasteiger partial charge in [0.2, 0.25) is 11.8 Å². The second-order valence-corrected chi connectivity index (χ2v) is 7.97. The van der Waals surface area contributed by atoms with E-state index in [0.717, 1.165) is 11.3 Å². The van der Waals surface area contributed by atoms with Crippen LogP contribution >= 0.6 is 23.4 Å². The van der Waals surface area contributed by atoms with Crippen molar-refractivity contribution in [2.45, 2.75) is 37.5 Å². The molecule has 0 spiro atoms. The predicted octanol–water partition coefficient (Wildman–Crippen LogP) is 2.79. The molecule has 30 heavy (non-hydrogen) atoms. The van der Waals surface area contributed by atoms with E-state index in [0.29, 0.717) is 47.7 Å². The fraction of sp³-hybridized carbons (Fsp3) is 0.300. The van der Waals surface area contributed by atoms with E-state index in [1.54, 1.807) is 18.4 Å². The number of halogens is 1. The highest BCUT2D eigenvalue weighted by molar-refractivity contribution is 7.99. The molecule has 10 heteroatoms. The Morgan fingerprint density at radius 2 is 2.00 bits per heavy atom. The fourth-order valence-electron chi connectivity index (χ4n) is 2.72. The second-order valence-electron chi connectivity index (χ2n) is 6.50. The molecule has 0 aliphatic rings. The molecule has 3 rings (SSSR count). The summed E-state index contributed by atoms with van der Waals surface area (Å²) in [5, 5.41) is 12.5. The molecule has 0 radical (unpaired) electrons. The maximum atomic E-state index is 12.2. The molecule has 3 aromatic rings. The summed E-state index contributed by atoms with van der Waals surface area (Å²) in [4.78, 5) is 23.3. The molecule has 2 heterocycles. The monoisotopic (exact) mass is 447 g/mol. The third-order valence-corrected chi connectivity index (χ3v) is 5.61. The van der Waals surface area contributed by atoms with Crippen molar-refractivity contribution in [1.82, 2.24) is 20.1 Å². The van der Waals surface area contributed by atoms with E-state index < -0.39 is 5.91 Å². The summed E-state index contributed by atoms with van der Waals surface area (Å²) in [6, 6.07) is 11.1. The van der Waals surface area contributed by atoms with Crippen molar-refractivity contribution in [3.05, 3.63) is 64.8 Å². The Morgan fingerprint density at radius 3 is 2.73 bits per heavy atom. The van der Waals surface area contributed by atoms with Gasteiger partial charge in [0.1, 0.15) is 11.6 Å². The van der Waals surface area contributed by atoms with Gasteiger partial charge in [-0.25, -0.2) is 0 Å². The number of aromatic nitrogens is 3. The first-order valence-corrected chi connectivity index (χ1v) is 10.7. The third kappa shape index (κ3) is 6.36. The number of nitrogens with two attached hydrogens (primary N) is 1. The number of nitrogens with zero attached hydrogens (tertiary/aromatic N) is 3. The minimum Gasteiger partial charge on any atom is -0.467 e. The summed E-state index contributed by atoms with van der Waals surface area (Å²) in [7, 11) is 0. The van der Waals surface area contributed by atoms with E-state index in [9.17, 15) is 9.59 Å². The molecular formula is C20H22ClN5O3S. The van der Waals surface area contributed by atoms with E-state index in [1.165, 1.54) is 11.8 Å². The Kier molecular flexibility index (Phi) is 7.92. The normalized spacial score (nSPS) is 10.8. The highest BCUT2D eigenvalue weighted by atomic mass is 35.5. The highest BCUT2D eigenvalue weighted by Crippen LogP contribution is 2.21. The number of furan rings is 1. The van der Waals surface area contributed by atoms with E-state index >= 15 is 0 Å². The molecule has 2 aromatic heterocycles. The predicted molar refractivity (Wildman–Crippen MR) is 114 cm³/mol. The van der Waals surface area contributed by atoms with Crippen LogP contribution in [0.15, 0.2) is 52.2 Å². The Balaban J connectivity index is 1.55. The molecule has 0 bridgehead atoms. The standard InChI is InChI=1S/C20H22ClN5O3S/c21-16-6-2-1-4-14(16)12-23-19(28)9-11-30-20-25-24-18(8-7-17(22)27)26(20)13-15-5-3-10-29-15/h1-6,10H,7-9,11-13H2,(H2,22,27)(H,23,28). The van der Waals surface area contributed by atoms with Gasteiger partial charge in [-0.15, -0.1) is 10.2 Å². The topological polar surface area (TPSA) is 116 Å². The number of hydrogen-bond acceptors (Lipinski definition) is 6. The summed E-state index contributed by atoms with van der Waals surface area (Å²) in [5.74, 6) is 1.45. The molecule has 1 aromatic carbocycles. The van der Waals surface area contributed by atoms with Crippen LogP contribution in [0.25, 0.3) is 0 Å². The van der Waals surface area contributed by atoms with Gasteiger partial charge in [-0.3, -0.25) is 14.2 Å². The van der Waals surface area contributed by atoms with Crippen LogP contribution in [0.5, 0.6) is 0 Å². The van der Waals surface area contributed by atoms with Gasteiger partial charge in [0.25, 0.3) is 0 Å². The van der Waals surface area contributed by atoms with Gasteiger partial charge in [0.05, 0.1) is 12.8 Å². The Bertz CT molecular complexity index is 990. The molecule has 0 unspecified atom stereocenters. The van der Waals surface area contributed by atoms with Gasteiger partial charge in [0, 0.05) is 36.6 Å². The lowest BCUT2D eigenvalue weighted by Gasteiger charge is -2.09. The van der Waals surface area contributed by atoms with Gasteiger partial charge >= 0.3 is 0 Å². The van der Waals surface area contributed by atoms with Gasteiger partial charge < -0.3 is 15.5 Å². The van der Waals surface area contributed by atoms with Gasteiger partial charge in [-0.2, -0.15) is 0 Å². The first kappa shape index (κ1) is 21.9. The number of nitrogens with one attached hydrogen (secondary N) is 1. The smallest absolute Gasteiger partial charge is 0.221 e. The minimum atomic E-state index is -0.396. The molecule has 8 nitrogen and oxygen atoms in total. The van der Waals surface area contributed by atoms with Crippen molar-refractivity contribution >= 4 is 35.2 Å². The third-order valence-electron chi connectivity index (χ3n) is 4.28. The number of benzene rings is 1. The molecule has 0 saturated carbocycles. The van der Waals surface area contributed by atoms with Crippen LogP contribution in [-0.2, 0) is 29.1 Å². The van der Waals surface area contributed by atoms with E-state index in [1.807, 2.05) is 28.8 Å². The number of carbonyl (C=O) groups is 2. The molecular weight excluding hydrogens is 426 g/mol. The van der Waals surface area contributed by atoms with Crippen LogP contribution in [0.2, 0.25) is 5.02 Å². The molecule has 0 atom stereocenters. The summed E-state index contributed by atoms with van der Waals surface area (Å²) < 4.78 is 7.30. The maximum Gasteiger partial charge on any atom is 0.221 e. The number of carbonyl (C=O) groups excluding carboxylic acids is 2. The van der Waals surface area contributed by atoms with Crippen LogP contribution < -0.4 is 11.1 Å². The lowest BCUT2D eigenvalue weighted by Crippen LogP contribution is -2.23. The second kappa shape index (κ2) is 10.8. The molecule has 0 fully saturated rings. The van der Waals surface area contributed by atoms with E-state index in [2.05, 4.69) is 15.5 Å². The highest BCUT2D eigenvalue weighted by Gasteiger charge is 2.15. The first-order chi connectivity index (χ1) is 14.5. The maximum absolute atomic E-state index is 12.2. The lowest BCUT2D eigenvalue weighted by atomic mass is 10.2. The van der Waals surface area contributed by atoms with Gasteiger partial charge in [-0.1, -0.05) is 41.6 Å². The fourth-order valence-corrected chi connectivity index (χ4v) is 3.82. The van der Waals surface area contributed by atoms with Crippen LogP contribution in [0.3, 0.4) is 0 Å². The molecule has 158 valence electrons. The zero-order valence-corrected chi connectivity index (χ0v) is 17.8. The van der Waals surface area contributed by atoms with E-state index in [4.69, 9.17) is 21.8 Å². The SMILES string of the molecule is NC(=O)CCc1nnc(SCCC(=O)NCc2ccccc2Cl)n1Cc1ccco1. The zero-order chi connectivity index (χ0) is 21.3. The minimum absolute atomic E-state index is 0.0755. The van der Waals surface area contributed by atoms with E-state index in [-0.39, 0.29) is 12.3 Å². The van der Waals surface area contributed by atoms with Crippen LogP contribution in [0, 0.1) is 0 Å². The summed E-state index contributed by atoms with van der Waals surface area (Å²) in [5.41, 5.74) is 6.13.